The molecule has 0 saturated carbocycles. The van der Waals surface area contributed by atoms with Gasteiger partial charge in [0.15, 0.2) is 11.7 Å². The fraction of sp³-hybridized carbons (Fsp3) is 0.333. The van der Waals surface area contributed by atoms with Crippen molar-refractivity contribution in [1.82, 2.24) is 0 Å². The summed E-state index contributed by atoms with van der Waals surface area (Å²) in [5, 5.41) is 8.47. The predicted octanol–water partition coefficient (Wildman–Crippen LogP) is 1.11. The Hall–Kier alpha value is -1.73. The zero-order valence-corrected chi connectivity index (χ0v) is 11.1. The lowest BCUT2D eigenvalue weighted by atomic mass is 10.1. The molecule has 0 bridgehead atoms. The van der Waals surface area contributed by atoms with Crippen LogP contribution in [0.3, 0.4) is 0 Å². The number of hydrogen-bond acceptors (Lipinski definition) is 5. The van der Waals surface area contributed by atoms with E-state index in [9.17, 15) is 18.0 Å². The predicted molar refractivity (Wildman–Crippen MR) is 66.7 cm³/mol. The molecule has 19 heavy (non-hydrogen) atoms. The molecular weight excluding hydrogens is 272 g/mol. The summed E-state index contributed by atoms with van der Waals surface area (Å²) < 4.78 is 27.9. The largest absolute Gasteiger partial charge is 0.481 e. The first-order valence-electron chi connectivity index (χ1n) is 5.43. The number of carboxylic acid groups (broad SMARTS) is 1. The van der Waals surface area contributed by atoms with Crippen LogP contribution in [0.2, 0.25) is 0 Å². The number of hydrogen-bond donors (Lipinski definition) is 1. The van der Waals surface area contributed by atoms with Crippen LogP contribution in [0.15, 0.2) is 29.2 Å². The molecule has 0 heterocycles. The normalized spacial score (nSPS) is 11.2. The number of carboxylic acids is 1. The second-order valence-corrected chi connectivity index (χ2v) is 5.80. The highest BCUT2D eigenvalue weighted by Crippen LogP contribution is 2.14. The Balaban J connectivity index is 2.82. The van der Waals surface area contributed by atoms with E-state index in [0.29, 0.717) is 0 Å². The molecule has 104 valence electrons. The summed E-state index contributed by atoms with van der Waals surface area (Å²) in [6, 6.07) is 5.35. The van der Waals surface area contributed by atoms with Gasteiger partial charge < -0.3 is 9.84 Å². The van der Waals surface area contributed by atoms with E-state index in [1.54, 1.807) is 0 Å². The van der Waals surface area contributed by atoms with Crippen LogP contribution >= 0.6 is 0 Å². The molecule has 1 aromatic rings. The summed E-state index contributed by atoms with van der Waals surface area (Å²) >= 11 is 0. The topological polar surface area (TPSA) is 97.7 Å². The van der Waals surface area contributed by atoms with E-state index < -0.39 is 21.7 Å². The zero-order valence-electron chi connectivity index (χ0n) is 10.3. The maximum absolute atomic E-state index is 11.6. The Labute approximate surface area is 110 Å². The van der Waals surface area contributed by atoms with Crippen LogP contribution in [-0.2, 0) is 19.4 Å². The third kappa shape index (κ3) is 4.46. The lowest BCUT2D eigenvalue weighted by Gasteiger charge is -2.04. The van der Waals surface area contributed by atoms with Crippen molar-refractivity contribution in [2.45, 2.75) is 17.7 Å². The third-order valence-corrected chi connectivity index (χ3v) is 3.91. The van der Waals surface area contributed by atoms with Crippen molar-refractivity contribution in [2.75, 3.05) is 13.0 Å². The molecule has 0 unspecified atom stereocenters. The first-order valence-corrected chi connectivity index (χ1v) is 7.09. The highest BCUT2D eigenvalue weighted by atomic mass is 32.2. The van der Waals surface area contributed by atoms with Gasteiger partial charge in [-0.2, -0.15) is 0 Å². The summed E-state index contributed by atoms with van der Waals surface area (Å²) in [4.78, 5) is 22.0. The van der Waals surface area contributed by atoms with Crippen LogP contribution in [0.4, 0.5) is 0 Å². The Morgan fingerprint density at radius 2 is 1.74 bits per heavy atom. The van der Waals surface area contributed by atoms with Gasteiger partial charge in [0.25, 0.3) is 0 Å². The lowest BCUT2D eigenvalue weighted by Crippen LogP contribution is -2.09. The van der Waals surface area contributed by atoms with Crippen LogP contribution in [0.1, 0.15) is 23.2 Å². The molecule has 0 aliphatic heterocycles. The highest BCUT2D eigenvalue weighted by Gasteiger charge is 2.15. The second kappa shape index (κ2) is 6.44. The van der Waals surface area contributed by atoms with E-state index in [1.165, 1.54) is 31.4 Å². The average Bonchev–Trinajstić information content (AvgIpc) is 2.36. The first-order chi connectivity index (χ1) is 8.86. The minimum absolute atomic E-state index is 0.0594. The molecule has 7 heteroatoms. The van der Waals surface area contributed by atoms with Gasteiger partial charge in [-0.25, -0.2) is 8.42 Å². The van der Waals surface area contributed by atoms with Crippen molar-refractivity contribution in [3.63, 3.8) is 0 Å². The number of sulfone groups is 1. The van der Waals surface area contributed by atoms with Gasteiger partial charge in [-0.3, -0.25) is 9.59 Å². The molecule has 0 amide bonds. The van der Waals surface area contributed by atoms with Crippen LogP contribution in [-0.4, -0.2) is 38.3 Å². The molecule has 1 N–H and O–H groups in total. The minimum atomic E-state index is -3.51. The van der Waals surface area contributed by atoms with E-state index in [2.05, 4.69) is 4.74 Å². The first kappa shape index (κ1) is 15.3. The van der Waals surface area contributed by atoms with Crippen LogP contribution < -0.4 is 0 Å². The quantitative estimate of drug-likeness (QED) is 0.754. The molecule has 0 atom stereocenters. The monoisotopic (exact) mass is 286 g/mol. The Morgan fingerprint density at radius 1 is 1.16 bits per heavy atom. The Kier molecular flexibility index (Phi) is 5.20. The van der Waals surface area contributed by atoms with Gasteiger partial charge in [0.2, 0.25) is 9.84 Å². The number of ketones is 1. The van der Waals surface area contributed by atoms with Gasteiger partial charge in [0, 0.05) is 19.1 Å². The van der Waals surface area contributed by atoms with Gasteiger partial charge >= 0.3 is 5.97 Å². The van der Waals surface area contributed by atoms with E-state index in [-0.39, 0.29) is 29.1 Å². The SMILES string of the molecule is COCS(=O)(=O)c1ccc(C(=O)CCC(=O)O)cc1. The summed E-state index contributed by atoms with van der Waals surface area (Å²) in [7, 11) is -2.23. The van der Waals surface area contributed by atoms with Gasteiger partial charge in [-0.05, 0) is 12.1 Å². The molecule has 0 aliphatic carbocycles. The van der Waals surface area contributed by atoms with E-state index in [0.717, 1.165) is 0 Å². The number of carbonyl (C=O) groups excluding carboxylic acids is 1. The van der Waals surface area contributed by atoms with Crippen molar-refractivity contribution in [3.05, 3.63) is 29.8 Å². The molecular formula is C12H14O6S. The average molecular weight is 286 g/mol. The number of benzene rings is 1. The molecule has 1 rings (SSSR count). The van der Waals surface area contributed by atoms with Crippen LogP contribution in [0.25, 0.3) is 0 Å². The van der Waals surface area contributed by atoms with Gasteiger partial charge in [-0.1, -0.05) is 12.1 Å². The number of ether oxygens (including phenoxy) is 1. The molecule has 0 aromatic heterocycles. The lowest BCUT2D eigenvalue weighted by molar-refractivity contribution is -0.136. The summed E-state index contributed by atoms with van der Waals surface area (Å²) in [5.41, 5.74) is 0.289. The van der Waals surface area contributed by atoms with Crippen molar-refractivity contribution in [2.24, 2.45) is 0 Å². The van der Waals surface area contributed by atoms with E-state index in [1.807, 2.05) is 0 Å². The van der Waals surface area contributed by atoms with E-state index in [4.69, 9.17) is 5.11 Å². The molecule has 0 fully saturated rings. The molecule has 1 aromatic carbocycles. The zero-order chi connectivity index (χ0) is 14.5. The van der Waals surface area contributed by atoms with Crippen LogP contribution in [0, 0.1) is 0 Å². The van der Waals surface area contributed by atoms with Crippen LogP contribution in [0.5, 0.6) is 0 Å². The smallest absolute Gasteiger partial charge is 0.303 e. The highest BCUT2D eigenvalue weighted by molar-refractivity contribution is 7.91. The standard InChI is InChI=1S/C12H14O6S/c1-18-8-19(16,17)10-4-2-9(3-5-10)11(13)6-7-12(14)15/h2-5H,6-8H2,1H3,(H,14,15). The van der Waals surface area contributed by atoms with E-state index >= 15 is 0 Å². The Morgan fingerprint density at radius 3 is 2.21 bits per heavy atom. The van der Waals surface area contributed by atoms with Gasteiger partial charge in [0.1, 0.15) is 0 Å². The maximum Gasteiger partial charge on any atom is 0.303 e. The Bertz CT molecular complexity index is 558. The number of methoxy groups -OCH3 is 1. The van der Waals surface area contributed by atoms with Crippen molar-refractivity contribution < 1.29 is 27.9 Å². The number of carbonyl (C=O) groups is 2. The number of aliphatic carboxylic acids is 1. The minimum Gasteiger partial charge on any atom is -0.481 e. The second-order valence-electron chi connectivity index (χ2n) is 3.86. The fourth-order valence-corrected chi connectivity index (χ4v) is 2.43. The van der Waals surface area contributed by atoms with Gasteiger partial charge in [0.05, 0.1) is 11.3 Å². The van der Waals surface area contributed by atoms with Gasteiger partial charge in [-0.15, -0.1) is 0 Å². The third-order valence-electron chi connectivity index (χ3n) is 2.37. The number of Topliss-reactive ketones (excluding diaryl/α,β-unsaturated/α-hetero) is 1. The molecule has 0 spiro atoms. The number of rotatable bonds is 7. The maximum atomic E-state index is 11.6. The molecule has 6 nitrogen and oxygen atoms in total. The van der Waals surface area contributed by atoms with Crippen molar-refractivity contribution in [3.8, 4) is 0 Å². The molecule has 0 saturated heterocycles. The van der Waals surface area contributed by atoms with Crippen molar-refractivity contribution >= 4 is 21.6 Å². The summed E-state index contributed by atoms with van der Waals surface area (Å²) in [6.45, 7) is 0. The van der Waals surface area contributed by atoms with Crippen molar-refractivity contribution in [1.29, 1.82) is 0 Å². The molecule has 0 aliphatic rings. The molecule has 0 radical (unpaired) electrons. The summed E-state index contributed by atoms with van der Waals surface area (Å²) in [6.07, 6.45) is -0.359. The summed E-state index contributed by atoms with van der Waals surface area (Å²) in [5.74, 6) is -1.81. The fourth-order valence-electron chi connectivity index (χ4n) is 1.44.